The molecular formula is C9H14O3. The molecule has 1 heterocycles. The number of ether oxygens (including phenoxy) is 1. The summed E-state index contributed by atoms with van der Waals surface area (Å²) in [7, 11) is 0. The topological polar surface area (TPSA) is 49.7 Å². The fraction of sp³-hybridized carbons (Fsp3) is 1.00. The molecule has 3 heteroatoms. The Labute approximate surface area is 71.3 Å². The van der Waals surface area contributed by atoms with Crippen LogP contribution in [0.25, 0.3) is 0 Å². The lowest BCUT2D eigenvalue weighted by Gasteiger charge is -2.29. The fourth-order valence-corrected chi connectivity index (χ4v) is 3.37. The number of aliphatic hydroxyl groups is 2. The van der Waals surface area contributed by atoms with Crippen LogP contribution in [0.15, 0.2) is 0 Å². The van der Waals surface area contributed by atoms with Crippen LogP contribution in [-0.4, -0.2) is 34.1 Å². The van der Waals surface area contributed by atoms with Crippen LogP contribution in [0.1, 0.15) is 19.8 Å². The van der Waals surface area contributed by atoms with E-state index in [9.17, 15) is 10.2 Å². The molecule has 1 aliphatic heterocycles. The molecule has 0 aromatic heterocycles. The fourth-order valence-electron chi connectivity index (χ4n) is 3.37. The first kappa shape index (κ1) is 7.30. The average molecular weight is 170 g/mol. The highest BCUT2D eigenvalue weighted by Gasteiger charge is 2.67. The minimum atomic E-state index is -0.617. The Kier molecular flexibility index (Phi) is 1.13. The van der Waals surface area contributed by atoms with Crippen LogP contribution < -0.4 is 0 Å². The highest BCUT2D eigenvalue weighted by atomic mass is 16.5. The first-order valence-electron chi connectivity index (χ1n) is 4.69. The second-order valence-electron chi connectivity index (χ2n) is 4.53. The third-order valence-corrected chi connectivity index (χ3v) is 4.07. The van der Waals surface area contributed by atoms with Crippen LogP contribution in [-0.2, 0) is 4.74 Å². The van der Waals surface area contributed by atoms with Crippen molar-refractivity contribution in [2.45, 2.75) is 43.7 Å². The van der Waals surface area contributed by atoms with Crippen molar-refractivity contribution in [2.24, 2.45) is 11.8 Å². The minimum absolute atomic E-state index is 0.0799. The van der Waals surface area contributed by atoms with E-state index in [1.807, 2.05) is 6.92 Å². The Morgan fingerprint density at radius 3 is 2.83 bits per heavy atom. The molecular weight excluding hydrogens is 156 g/mol. The zero-order valence-electron chi connectivity index (χ0n) is 7.10. The van der Waals surface area contributed by atoms with Crippen molar-refractivity contribution in [3.63, 3.8) is 0 Å². The lowest BCUT2D eigenvalue weighted by atomic mass is 9.81. The van der Waals surface area contributed by atoms with E-state index in [-0.39, 0.29) is 30.1 Å². The first-order chi connectivity index (χ1) is 5.63. The van der Waals surface area contributed by atoms with Crippen molar-refractivity contribution in [1.29, 1.82) is 0 Å². The summed E-state index contributed by atoms with van der Waals surface area (Å²) in [6.07, 6.45) is 1.20. The Morgan fingerprint density at radius 1 is 1.50 bits per heavy atom. The van der Waals surface area contributed by atoms with E-state index < -0.39 is 5.60 Å². The first-order valence-corrected chi connectivity index (χ1v) is 4.69. The molecule has 6 unspecified atom stereocenters. The second-order valence-corrected chi connectivity index (χ2v) is 4.53. The van der Waals surface area contributed by atoms with Gasteiger partial charge >= 0.3 is 0 Å². The summed E-state index contributed by atoms with van der Waals surface area (Å²) in [5.41, 5.74) is -0.617. The molecule has 0 spiro atoms. The van der Waals surface area contributed by atoms with E-state index in [0.717, 1.165) is 12.8 Å². The predicted molar refractivity (Wildman–Crippen MR) is 41.5 cm³/mol. The van der Waals surface area contributed by atoms with Gasteiger partial charge in [-0.15, -0.1) is 0 Å². The van der Waals surface area contributed by atoms with Gasteiger partial charge in [-0.25, -0.2) is 0 Å². The summed E-state index contributed by atoms with van der Waals surface area (Å²) in [5.74, 6) is 0.488. The monoisotopic (exact) mass is 170 g/mol. The van der Waals surface area contributed by atoms with Gasteiger partial charge in [0.1, 0.15) is 0 Å². The number of fused-ring (bicyclic) bond motifs is 1. The van der Waals surface area contributed by atoms with E-state index in [1.165, 1.54) is 0 Å². The van der Waals surface area contributed by atoms with Gasteiger partial charge < -0.3 is 14.9 Å². The predicted octanol–water partition coefficient (Wildman–Crippen LogP) is -0.0945. The molecule has 0 aromatic rings. The molecule has 2 aliphatic carbocycles. The standard InChI is InChI=1S/C9H14O3/c1-4-9(11)3-5-2-6(9)8(12-4)7(5)10/h4-8,10-11H,2-3H2,1H3. The number of hydrogen-bond donors (Lipinski definition) is 2. The SMILES string of the molecule is CC1OC2C(O)C3CC2C1(O)C3. The van der Waals surface area contributed by atoms with Crippen LogP contribution in [0.2, 0.25) is 0 Å². The Hall–Kier alpha value is -0.120. The van der Waals surface area contributed by atoms with E-state index in [0.29, 0.717) is 0 Å². The second kappa shape index (κ2) is 1.86. The largest absolute Gasteiger partial charge is 0.390 e. The van der Waals surface area contributed by atoms with Gasteiger partial charge in [-0.3, -0.25) is 0 Å². The lowest BCUT2D eigenvalue weighted by molar-refractivity contribution is -0.0368. The molecule has 0 aromatic carbocycles. The summed E-state index contributed by atoms with van der Waals surface area (Å²) in [4.78, 5) is 0. The molecule has 2 bridgehead atoms. The van der Waals surface area contributed by atoms with Crippen molar-refractivity contribution < 1.29 is 14.9 Å². The third kappa shape index (κ3) is 0.573. The average Bonchev–Trinajstić information content (AvgIpc) is 2.53. The molecule has 3 fully saturated rings. The molecule has 3 aliphatic rings. The normalized spacial score (nSPS) is 67.8. The Balaban J connectivity index is 2.04. The van der Waals surface area contributed by atoms with Gasteiger partial charge in [0.15, 0.2) is 0 Å². The quantitative estimate of drug-likeness (QED) is 0.534. The van der Waals surface area contributed by atoms with Crippen LogP contribution in [0, 0.1) is 11.8 Å². The molecule has 2 N–H and O–H groups in total. The molecule has 68 valence electrons. The number of rotatable bonds is 0. The van der Waals surface area contributed by atoms with Gasteiger partial charge in [-0.2, -0.15) is 0 Å². The van der Waals surface area contributed by atoms with Crippen molar-refractivity contribution in [3.05, 3.63) is 0 Å². The summed E-state index contributed by atoms with van der Waals surface area (Å²) in [6.45, 7) is 1.91. The van der Waals surface area contributed by atoms with Crippen LogP contribution in [0.5, 0.6) is 0 Å². The van der Waals surface area contributed by atoms with Crippen molar-refractivity contribution in [1.82, 2.24) is 0 Å². The summed E-state index contributed by atoms with van der Waals surface area (Å²) < 4.78 is 5.55. The lowest BCUT2D eigenvalue weighted by Crippen LogP contribution is -2.43. The van der Waals surface area contributed by atoms with Gasteiger partial charge in [0.2, 0.25) is 0 Å². The zero-order valence-corrected chi connectivity index (χ0v) is 7.10. The maximum atomic E-state index is 10.2. The Bertz CT molecular complexity index is 230. The maximum absolute atomic E-state index is 10.2. The van der Waals surface area contributed by atoms with Gasteiger partial charge in [0.05, 0.1) is 23.9 Å². The zero-order chi connectivity index (χ0) is 8.51. The smallest absolute Gasteiger partial charge is 0.0963 e. The molecule has 1 saturated heterocycles. The molecule has 6 atom stereocenters. The molecule has 12 heavy (non-hydrogen) atoms. The van der Waals surface area contributed by atoms with E-state index in [4.69, 9.17) is 4.74 Å². The summed E-state index contributed by atoms with van der Waals surface area (Å²) >= 11 is 0. The van der Waals surface area contributed by atoms with E-state index in [1.54, 1.807) is 0 Å². The maximum Gasteiger partial charge on any atom is 0.0963 e. The molecule has 0 amide bonds. The third-order valence-electron chi connectivity index (χ3n) is 4.07. The highest BCUT2D eigenvalue weighted by Crippen LogP contribution is 2.58. The van der Waals surface area contributed by atoms with Gasteiger partial charge in [-0.05, 0) is 25.7 Å². The molecule has 3 rings (SSSR count). The van der Waals surface area contributed by atoms with Crippen molar-refractivity contribution >= 4 is 0 Å². The van der Waals surface area contributed by atoms with Gasteiger partial charge in [-0.1, -0.05) is 0 Å². The highest BCUT2D eigenvalue weighted by molar-refractivity contribution is 5.16. The van der Waals surface area contributed by atoms with E-state index in [2.05, 4.69) is 0 Å². The van der Waals surface area contributed by atoms with Crippen LogP contribution >= 0.6 is 0 Å². The number of aliphatic hydroxyl groups excluding tert-OH is 1. The van der Waals surface area contributed by atoms with Crippen molar-refractivity contribution in [2.75, 3.05) is 0 Å². The molecule has 2 saturated carbocycles. The van der Waals surface area contributed by atoms with Gasteiger partial charge in [0.25, 0.3) is 0 Å². The van der Waals surface area contributed by atoms with Gasteiger partial charge in [0, 0.05) is 5.92 Å². The van der Waals surface area contributed by atoms with Crippen LogP contribution in [0.4, 0.5) is 0 Å². The van der Waals surface area contributed by atoms with Crippen molar-refractivity contribution in [3.8, 4) is 0 Å². The Morgan fingerprint density at radius 2 is 2.25 bits per heavy atom. The minimum Gasteiger partial charge on any atom is -0.390 e. The number of hydrogen-bond acceptors (Lipinski definition) is 3. The van der Waals surface area contributed by atoms with Crippen LogP contribution in [0.3, 0.4) is 0 Å². The molecule has 3 nitrogen and oxygen atoms in total. The van der Waals surface area contributed by atoms with E-state index >= 15 is 0 Å². The summed E-state index contributed by atoms with van der Waals surface area (Å²) in [6, 6.07) is 0. The summed E-state index contributed by atoms with van der Waals surface area (Å²) in [5, 5.41) is 19.9. The molecule has 0 radical (unpaired) electrons.